The number of aryl methyl sites for hydroxylation is 1. The standard InChI is InChI=1S/C19H32N2/c1-4-14-20-16(2)9-7-8-15-21-17(3)12-13-18-10-5-6-11-19(18)21/h5-6,10-11,16-17,20H,4,7-9,12-15H2,1-3H3. The lowest BCUT2D eigenvalue weighted by Crippen LogP contribution is -2.38. The quantitative estimate of drug-likeness (QED) is 0.714. The fourth-order valence-electron chi connectivity index (χ4n) is 3.33. The highest BCUT2D eigenvalue weighted by Crippen LogP contribution is 2.30. The Morgan fingerprint density at radius 1 is 1.29 bits per heavy atom. The number of hydrogen-bond donors (Lipinski definition) is 1. The van der Waals surface area contributed by atoms with Crippen molar-refractivity contribution in [3.63, 3.8) is 0 Å². The average Bonchev–Trinajstić information content (AvgIpc) is 2.51. The summed E-state index contributed by atoms with van der Waals surface area (Å²) < 4.78 is 0. The molecule has 21 heavy (non-hydrogen) atoms. The molecular formula is C19H32N2. The van der Waals surface area contributed by atoms with Crippen LogP contribution in [-0.2, 0) is 6.42 Å². The molecule has 1 aliphatic rings. The minimum absolute atomic E-state index is 0.663. The summed E-state index contributed by atoms with van der Waals surface area (Å²) in [6.07, 6.45) is 7.69. The van der Waals surface area contributed by atoms with E-state index in [0.29, 0.717) is 12.1 Å². The van der Waals surface area contributed by atoms with E-state index in [0.717, 1.165) is 6.54 Å². The van der Waals surface area contributed by atoms with Crippen molar-refractivity contribution in [3.8, 4) is 0 Å². The van der Waals surface area contributed by atoms with E-state index < -0.39 is 0 Å². The van der Waals surface area contributed by atoms with Crippen molar-refractivity contribution in [1.29, 1.82) is 0 Å². The van der Waals surface area contributed by atoms with Gasteiger partial charge in [0, 0.05) is 24.3 Å². The van der Waals surface area contributed by atoms with Crippen LogP contribution in [0.1, 0.15) is 58.4 Å². The normalized spacial score (nSPS) is 19.4. The number of hydrogen-bond acceptors (Lipinski definition) is 2. The number of anilines is 1. The predicted octanol–water partition coefficient (Wildman–Crippen LogP) is 4.39. The maximum absolute atomic E-state index is 3.58. The Labute approximate surface area is 130 Å². The van der Waals surface area contributed by atoms with Gasteiger partial charge in [0.1, 0.15) is 0 Å². The van der Waals surface area contributed by atoms with Gasteiger partial charge in [-0.1, -0.05) is 31.5 Å². The molecule has 0 aliphatic carbocycles. The van der Waals surface area contributed by atoms with Crippen LogP contribution in [0.4, 0.5) is 5.69 Å². The molecule has 2 rings (SSSR count). The topological polar surface area (TPSA) is 15.3 Å². The number of fused-ring (bicyclic) bond motifs is 1. The number of nitrogens with one attached hydrogen (secondary N) is 1. The molecule has 1 aliphatic heterocycles. The Hall–Kier alpha value is -1.02. The van der Waals surface area contributed by atoms with Gasteiger partial charge in [-0.25, -0.2) is 0 Å². The molecule has 1 aromatic carbocycles. The van der Waals surface area contributed by atoms with Crippen molar-refractivity contribution in [1.82, 2.24) is 5.32 Å². The highest BCUT2D eigenvalue weighted by atomic mass is 15.2. The second kappa shape index (κ2) is 8.43. The largest absolute Gasteiger partial charge is 0.369 e. The highest BCUT2D eigenvalue weighted by molar-refractivity contribution is 5.56. The lowest BCUT2D eigenvalue weighted by atomic mass is 9.96. The number of para-hydroxylation sites is 1. The van der Waals surface area contributed by atoms with Crippen LogP contribution in [-0.4, -0.2) is 25.2 Å². The summed E-state index contributed by atoms with van der Waals surface area (Å²) in [5, 5.41) is 3.58. The molecule has 0 radical (unpaired) electrons. The summed E-state index contributed by atoms with van der Waals surface area (Å²) in [7, 11) is 0. The Kier molecular flexibility index (Phi) is 6.56. The Balaban J connectivity index is 1.78. The third-order valence-corrected chi connectivity index (χ3v) is 4.69. The SMILES string of the molecule is CCCNC(C)CCCCN1c2ccccc2CCC1C. The molecule has 118 valence electrons. The molecule has 0 spiro atoms. The number of rotatable bonds is 8. The zero-order chi connectivity index (χ0) is 15.1. The maximum Gasteiger partial charge on any atom is 0.0401 e. The van der Waals surface area contributed by atoms with E-state index in [1.54, 1.807) is 0 Å². The second-order valence-corrected chi connectivity index (χ2v) is 6.56. The molecule has 2 unspecified atom stereocenters. The zero-order valence-electron chi connectivity index (χ0n) is 14.1. The van der Waals surface area contributed by atoms with Crippen molar-refractivity contribution < 1.29 is 0 Å². The summed E-state index contributed by atoms with van der Waals surface area (Å²) in [4.78, 5) is 2.63. The van der Waals surface area contributed by atoms with Crippen molar-refractivity contribution in [3.05, 3.63) is 29.8 Å². The molecule has 0 aromatic heterocycles. The smallest absolute Gasteiger partial charge is 0.0401 e. The summed E-state index contributed by atoms with van der Waals surface area (Å²) in [5.74, 6) is 0. The third-order valence-electron chi connectivity index (χ3n) is 4.69. The van der Waals surface area contributed by atoms with Gasteiger partial charge < -0.3 is 10.2 Å². The average molecular weight is 288 g/mol. The van der Waals surface area contributed by atoms with Crippen LogP contribution in [0.25, 0.3) is 0 Å². The van der Waals surface area contributed by atoms with Crippen LogP contribution < -0.4 is 10.2 Å². The molecule has 1 N–H and O–H groups in total. The fourth-order valence-corrected chi connectivity index (χ4v) is 3.33. The van der Waals surface area contributed by atoms with E-state index in [4.69, 9.17) is 0 Å². The minimum Gasteiger partial charge on any atom is -0.369 e. The lowest BCUT2D eigenvalue weighted by Gasteiger charge is -2.37. The first-order chi connectivity index (χ1) is 10.2. The fraction of sp³-hybridized carbons (Fsp3) is 0.684. The molecule has 2 heteroatoms. The maximum atomic E-state index is 3.58. The summed E-state index contributed by atoms with van der Waals surface area (Å²) >= 11 is 0. The van der Waals surface area contributed by atoms with Gasteiger partial charge in [0.15, 0.2) is 0 Å². The van der Waals surface area contributed by atoms with Crippen molar-refractivity contribution >= 4 is 5.69 Å². The van der Waals surface area contributed by atoms with Gasteiger partial charge in [-0.3, -0.25) is 0 Å². The second-order valence-electron chi connectivity index (χ2n) is 6.56. The first kappa shape index (κ1) is 16.4. The molecule has 1 aromatic rings. The van der Waals surface area contributed by atoms with Gasteiger partial charge in [0.05, 0.1) is 0 Å². The molecule has 0 saturated heterocycles. The Morgan fingerprint density at radius 2 is 2.10 bits per heavy atom. The zero-order valence-corrected chi connectivity index (χ0v) is 14.1. The van der Waals surface area contributed by atoms with Crippen LogP contribution in [0, 0.1) is 0 Å². The number of benzene rings is 1. The molecule has 0 saturated carbocycles. The van der Waals surface area contributed by atoms with Crippen molar-refractivity contribution in [2.45, 2.75) is 71.4 Å². The van der Waals surface area contributed by atoms with Gasteiger partial charge in [-0.2, -0.15) is 0 Å². The number of unbranched alkanes of at least 4 members (excludes halogenated alkanes) is 1. The van der Waals surface area contributed by atoms with Crippen LogP contribution in [0.5, 0.6) is 0 Å². The van der Waals surface area contributed by atoms with E-state index in [-0.39, 0.29) is 0 Å². The summed E-state index contributed by atoms with van der Waals surface area (Å²) in [6, 6.07) is 10.3. The van der Waals surface area contributed by atoms with E-state index in [9.17, 15) is 0 Å². The third kappa shape index (κ3) is 4.74. The van der Waals surface area contributed by atoms with Gasteiger partial charge in [-0.15, -0.1) is 0 Å². The summed E-state index contributed by atoms with van der Waals surface area (Å²) in [6.45, 7) is 9.28. The van der Waals surface area contributed by atoms with E-state index >= 15 is 0 Å². The summed E-state index contributed by atoms with van der Waals surface area (Å²) in [5.41, 5.74) is 3.02. The Bertz CT molecular complexity index is 416. The molecule has 1 heterocycles. The molecule has 0 fully saturated rings. The van der Waals surface area contributed by atoms with Crippen LogP contribution in [0.15, 0.2) is 24.3 Å². The van der Waals surface area contributed by atoms with Gasteiger partial charge in [0.25, 0.3) is 0 Å². The van der Waals surface area contributed by atoms with Crippen LogP contribution >= 0.6 is 0 Å². The first-order valence-electron chi connectivity index (χ1n) is 8.80. The Morgan fingerprint density at radius 3 is 2.90 bits per heavy atom. The first-order valence-corrected chi connectivity index (χ1v) is 8.80. The molecule has 2 nitrogen and oxygen atoms in total. The molecular weight excluding hydrogens is 256 g/mol. The van der Waals surface area contributed by atoms with E-state index in [1.807, 2.05) is 0 Å². The molecule has 0 bridgehead atoms. The van der Waals surface area contributed by atoms with Crippen molar-refractivity contribution in [2.75, 3.05) is 18.0 Å². The van der Waals surface area contributed by atoms with E-state index in [2.05, 4.69) is 55.3 Å². The lowest BCUT2D eigenvalue weighted by molar-refractivity contribution is 0.478. The highest BCUT2D eigenvalue weighted by Gasteiger charge is 2.21. The van der Waals surface area contributed by atoms with Gasteiger partial charge in [-0.05, 0) is 64.1 Å². The molecule has 0 amide bonds. The van der Waals surface area contributed by atoms with Crippen LogP contribution in [0.3, 0.4) is 0 Å². The van der Waals surface area contributed by atoms with Gasteiger partial charge in [0.2, 0.25) is 0 Å². The molecule has 2 atom stereocenters. The number of nitrogens with zero attached hydrogens (tertiary/aromatic N) is 1. The van der Waals surface area contributed by atoms with E-state index in [1.165, 1.54) is 56.3 Å². The van der Waals surface area contributed by atoms with Crippen LogP contribution in [0.2, 0.25) is 0 Å². The van der Waals surface area contributed by atoms with Crippen molar-refractivity contribution in [2.24, 2.45) is 0 Å². The van der Waals surface area contributed by atoms with Gasteiger partial charge >= 0.3 is 0 Å². The minimum atomic E-state index is 0.663. The predicted molar refractivity (Wildman–Crippen MR) is 93.2 cm³/mol. The monoisotopic (exact) mass is 288 g/mol.